The lowest BCUT2D eigenvalue weighted by Gasteiger charge is -2.39. The zero-order valence-electron chi connectivity index (χ0n) is 16.7. The molecule has 6 heteroatoms. The van der Waals surface area contributed by atoms with Gasteiger partial charge in [-0.25, -0.2) is 4.39 Å². The van der Waals surface area contributed by atoms with Crippen molar-refractivity contribution >= 4 is 17.5 Å². The molecular weight excluding hydrogens is 345 g/mol. The van der Waals surface area contributed by atoms with Crippen LogP contribution in [0.2, 0.25) is 0 Å². The lowest BCUT2D eigenvalue weighted by atomic mass is 9.81. The van der Waals surface area contributed by atoms with Crippen LogP contribution in [0, 0.1) is 23.6 Å². The molecule has 150 valence electrons. The molecule has 2 rings (SSSR count). The number of carbonyl (C=O) groups is 2. The predicted octanol–water partition coefficient (Wildman–Crippen LogP) is 3.04. The maximum absolute atomic E-state index is 14.0. The monoisotopic (exact) mass is 377 g/mol. The normalized spacial score (nSPS) is 17.1. The molecule has 0 aliphatic carbocycles. The van der Waals surface area contributed by atoms with Crippen LogP contribution in [0.4, 0.5) is 10.1 Å². The van der Waals surface area contributed by atoms with Crippen LogP contribution < -0.4 is 10.6 Å². The van der Waals surface area contributed by atoms with Gasteiger partial charge in [-0.2, -0.15) is 0 Å². The molecule has 0 bridgehead atoms. The molecule has 1 heterocycles. The van der Waals surface area contributed by atoms with Gasteiger partial charge in [-0.1, -0.05) is 39.3 Å². The van der Waals surface area contributed by atoms with Crippen molar-refractivity contribution in [2.45, 2.75) is 40.0 Å². The van der Waals surface area contributed by atoms with E-state index in [0.717, 1.165) is 6.42 Å². The number of rotatable bonds is 8. The minimum absolute atomic E-state index is 0.00846. The fourth-order valence-corrected chi connectivity index (χ4v) is 3.91. The van der Waals surface area contributed by atoms with Crippen LogP contribution in [0.5, 0.6) is 0 Å². The molecule has 1 aliphatic rings. The fraction of sp³-hybridized carbons (Fsp3) is 0.619. The number of para-hydroxylation sites is 1. The third-order valence-electron chi connectivity index (χ3n) is 5.28. The maximum Gasteiger partial charge on any atom is 0.226 e. The number of primary amides is 1. The Morgan fingerprint density at radius 1 is 1.11 bits per heavy atom. The summed E-state index contributed by atoms with van der Waals surface area (Å²) in [6.07, 6.45) is 2.10. The second-order valence-corrected chi connectivity index (χ2v) is 7.80. The molecule has 1 aromatic carbocycles. The van der Waals surface area contributed by atoms with E-state index < -0.39 is 5.92 Å². The number of halogens is 1. The zero-order valence-corrected chi connectivity index (χ0v) is 16.7. The Bertz CT molecular complexity index is 642. The van der Waals surface area contributed by atoms with Crippen LogP contribution in [0.15, 0.2) is 24.3 Å². The summed E-state index contributed by atoms with van der Waals surface area (Å²) >= 11 is 0. The van der Waals surface area contributed by atoms with Crippen molar-refractivity contribution in [3.63, 3.8) is 0 Å². The molecule has 0 aromatic heterocycles. The molecule has 0 spiro atoms. The Hall–Kier alpha value is -2.11. The Kier molecular flexibility index (Phi) is 7.63. The Morgan fingerprint density at radius 2 is 1.74 bits per heavy atom. The molecular formula is C21H32FN3O2. The average molecular weight is 378 g/mol. The summed E-state index contributed by atoms with van der Waals surface area (Å²) in [7, 11) is 0. The number of hydrogen-bond acceptors (Lipinski definition) is 3. The van der Waals surface area contributed by atoms with Crippen molar-refractivity contribution < 1.29 is 14.0 Å². The molecule has 0 radical (unpaired) electrons. The molecule has 1 saturated heterocycles. The van der Waals surface area contributed by atoms with Crippen molar-refractivity contribution in [3.8, 4) is 0 Å². The lowest BCUT2D eigenvalue weighted by molar-refractivity contribution is -0.142. The summed E-state index contributed by atoms with van der Waals surface area (Å²) in [5.41, 5.74) is 6.20. The number of piperazine rings is 1. The van der Waals surface area contributed by atoms with E-state index in [4.69, 9.17) is 5.73 Å². The summed E-state index contributed by atoms with van der Waals surface area (Å²) < 4.78 is 14.0. The van der Waals surface area contributed by atoms with Crippen LogP contribution in [-0.2, 0) is 9.59 Å². The number of nitrogens with two attached hydrogens (primary N) is 1. The fourth-order valence-electron chi connectivity index (χ4n) is 3.91. The van der Waals surface area contributed by atoms with Gasteiger partial charge in [-0.15, -0.1) is 0 Å². The Morgan fingerprint density at radius 3 is 2.26 bits per heavy atom. The van der Waals surface area contributed by atoms with Gasteiger partial charge in [0.1, 0.15) is 5.82 Å². The number of benzene rings is 1. The van der Waals surface area contributed by atoms with Crippen molar-refractivity contribution in [1.82, 2.24) is 4.90 Å². The van der Waals surface area contributed by atoms with Gasteiger partial charge in [0.15, 0.2) is 0 Å². The molecule has 5 nitrogen and oxygen atoms in total. The first kappa shape index (κ1) is 21.2. The predicted molar refractivity (Wildman–Crippen MR) is 106 cm³/mol. The standard InChI is InChI=1S/C21H32FN3O2/c1-4-7-16(20(23)26)17(14-15(2)3)21(27)25-12-10-24(11-13-25)19-9-6-5-8-18(19)22/h5-6,8-9,15-17H,4,7,10-14H2,1-3H3,(H2,23,26). The van der Waals surface area contributed by atoms with E-state index in [2.05, 4.69) is 13.8 Å². The quantitative estimate of drug-likeness (QED) is 0.757. The van der Waals surface area contributed by atoms with E-state index >= 15 is 0 Å². The lowest BCUT2D eigenvalue weighted by Crippen LogP contribution is -2.52. The molecule has 2 unspecified atom stereocenters. The van der Waals surface area contributed by atoms with Gasteiger partial charge in [-0.3, -0.25) is 9.59 Å². The molecule has 0 saturated carbocycles. The first-order chi connectivity index (χ1) is 12.8. The van der Waals surface area contributed by atoms with E-state index in [0.29, 0.717) is 50.6 Å². The molecule has 2 N–H and O–H groups in total. The Balaban J connectivity index is 2.08. The van der Waals surface area contributed by atoms with Gasteiger partial charge >= 0.3 is 0 Å². The number of nitrogens with zero attached hydrogens (tertiary/aromatic N) is 2. The number of anilines is 1. The second kappa shape index (κ2) is 9.72. The van der Waals surface area contributed by atoms with Crippen molar-refractivity contribution in [2.24, 2.45) is 23.5 Å². The summed E-state index contributed by atoms with van der Waals surface area (Å²) in [6, 6.07) is 6.70. The maximum atomic E-state index is 14.0. The summed E-state index contributed by atoms with van der Waals surface area (Å²) in [4.78, 5) is 28.9. The van der Waals surface area contributed by atoms with Crippen molar-refractivity contribution in [2.75, 3.05) is 31.1 Å². The van der Waals surface area contributed by atoms with E-state index in [1.54, 1.807) is 12.1 Å². The van der Waals surface area contributed by atoms with Gasteiger partial charge in [-0.05, 0) is 30.9 Å². The number of carbonyl (C=O) groups excluding carboxylic acids is 2. The molecule has 2 amide bonds. The van der Waals surface area contributed by atoms with Crippen molar-refractivity contribution in [3.05, 3.63) is 30.1 Å². The van der Waals surface area contributed by atoms with Crippen LogP contribution >= 0.6 is 0 Å². The summed E-state index contributed by atoms with van der Waals surface area (Å²) in [5, 5.41) is 0. The SMILES string of the molecule is CCCC(C(N)=O)C(CC(C)C)C(=O)N1CCN(c2ccccc2F)CC1. The molecule has 2 atom stereocenters. The second-order valence-electron chi connectivity index (χ2n) is 7.80. The first-order valence-corrected chi connectivity index (χ1v) is 9.92. The minimum Gasteiger partial charge on any atom is -0.369 e. The minimum atomic E-state index is -0.422. The highest BCUT2D eigenvalue weighted by molar-refractivity contribution is 5.87. The largest absolute Gasteiger partial charge is 0.369 e. The Labute approximate surface area is 161 Å². The van der Waals surface area contributed by atoms with E-state index in [-0.39, 0.29) is 23.5 Å². The van der Waals surface area contributed by atoms with E-state index in [1.807, 2.05) is 22.8 Å². The van der Waals surface area contributed by atoms with Crippen molar-refractivity contribution in [1.29, 1.82) is 0 Å². The van der Waals surface area contributed by atoms with Gasteiger partial charge in [0, 0.05) is 38.0 Å². The highest BCUT2D eigenvalue weighted by Gasteiger charge is 2.36. The van der Waals surface area contributed by atoms with E-state index in [1.165, 1.54) is 6.07 Å². The third kappa shape index (κ3) is 5.44. The third-order valence-corrected chi connectivity index (χ3v) is 5.28. The van der Waals surface area contributed by atoms with Gasteiger partial charge < -0.3 is 15.5 Å². The van der Waals surface area contributed by atoms with Crippen LogP contribution in [-0.4, -0.2) is 42.9 Å². The summed E-state index contributed by atoms with van der Waals surface area (Å²) in [5.74, 6) is -1.11. The van der Waals surface area contributed by atoms with Gasteiger partial charge in [0.2, 0.25) is 11.8 Å². The topological polar surface area (TPSA) is 66.6 Å². The van der Waals surface area contributed by atoms with Crippen LogP contribution in [0.3, 0.4) is 0 Å². The first-order valence-electron chi connectivity index (χ1n) is 9.92. The van der Waals surface area contributed by atoms with Crippen LogP contribution in [0.1, 0.15) is 40.0 Å². The zero-order chi connectivity index (χ0) is 20.0. The van der Waals surface area contributed by atoms with Gasteiger partial charge in [0.05, 0.1) is 5.69 Å². The summed E-state index contributed by atoms with van der Waals surface area (Å²) in [6.45, 7) is 8.33. The van der Waals surface area contributed by atoms with Gasteiger partial charge in [0.25, 0.3) is 0 Å². The molecule has 1 fully saturated rings. The number of hydrogen-bond donors (Lipinski definition) is 1. The average Bonchev–Trinajstić information content (AvgIpc) is 2.64. The highest BCUT2D eigenvalue weighted by atomic mass is 19.1. The molecule has 1 aromatic rings. The molecule has 1 aliphatic heterocycles. The molecule has 27 heavy (non-hydrogen) atoms. The van der Waals surface area contributed by atoms with Crippen LogP contribution in [0.25, 0.3) is 0 Å². The highest BCUT2D eigenvalue weighted by Crippen LogP contribution is 2.28. The smallest absolute Gasteiger partial charge is 0.226 e. The number of amides is 2. The van der Waals surface area contributed by atoms with E-state index in [9.17, 15) is 14.0 Å².